The number of ether oxygens (including phenoxy) is 1. The second-order valence-electron chi connectivity index (χ2n) is 5.67. The number of pyridine rings is 1. The number of aliphatic hydroxyl groups is 1. The topological polar surface area (TPSA) is 104 Å². The highest BCUT2D eigenvalue weighted by Gasteiger charge is 2.23. The van der Waals surface area contributed by atoms with Crippen molar-refractivity contribution in [2.75, 3.05) is 32.9 Å². The minimum atomic E-state index is -1.05. The Morgan fingerprint density at radius 2 is 1.96 bits per heavy atom. The highest BCUT2D eigenvalue weighted by atomic mass is 16.5. The average Bonchev–Trinajstić information content (AvgIpc) is 2.66. The third-order valence-electron chi connectivity index (χ3n) is 3.91. The molecular weight excluding hydrogens is 324 g/mol. The number of benzene rings is 1. The minimum Gasteiger partial charge on any atom is -0.394 e. The number of hydrazine groups is 1. The van der Waals surface area contributed by atoms with E-state index >= 15 is 0 Å². The molecule has 0 saturated carbocycles. The number of carbonyl (C=O) groups excluding carboxylic acids is 2. The number of aromatic nitrogens is 1. The molecule has 8 heteroatoms. The Morgan fingerprint density at radius 3 is 2.72 bits per heavy atom. The van der Waals surface area contributed by atoms with Gasteiger partial charge in [-0.3, -0.25) is 15.0 Å². The van der Waals surface area contributed by atoms with Crippen LogP contribution in [0.4, 0.5) is 0 Å². The van der Waals surface area contributed by atoms with E-state index in [4.69, 9.17) is 4.74 Å². The number of morpholine rings is 1. The van der Waals surface area contributed by atoms with Gasteiger partial charge in [0.05, 0.1) is 25.3 Å². The number of nitrogens with zero attached hydrogens (tertiary/aromatic N) is 2. The molecule has 1 aromatic carbocycles. The molecule has 2 aromatic rings. The zero-order valence-corrected chi connectivity index (χ0v) is 13.6. The lowest BCUT2D eigenvalue weighted by atomic mass is 10.2. The summed E-state index contributed by atoms with van der Waals surface area (Å²) in [5.41, 5.74) is 3.56. The molecule has 25 heavy (non-hydrogen) atoms. The monoisotopic (exact) mass is 344 g/mol. The van der Waals surface area contributed by atoms with Crippen molar-refractivity contribution < 1.29 is 19.4 Å². The maximum absolute atomic E-state index is 12.4. The Morgan fingerprint density at radius 1 is 1.20 bits per heavy atom. The number of hydrogen-bond acceptors (Lipinski definition) is 6. The lowest BCUT2D eigenvalue weighted by Crippen LogP contribution is -2.56. The average molecular weight is 344 g/mol. The van der Waals surface area contributed by atoms with Crippen molar-refractivity contribution in [1.29, 1.82) is 0 Å². The predicted octanol–water partition coefficient (Wildman–Crippen LogP) is -0.311. The number of nitrogens with one attached hydrogen (secondary N) is 2. The van der Waals surface area contributed by atoms with Crippen LogP contribution in [0.2, 0.25) is 0 Å². The summed E-state index contributed by atoms with van der Waals surface area (Å²) in [6.45, 7) is 1.67. The quantitative estimate of drug-likeness (QED) is 0.687. The maximum atomic E-state index is 12.4. The zero-order valence-electron chi connectivity index (χ0n) is 13.6. The molecule has 1 aliphatic heterocycles. The van der Waals surface area contributed by atoms with Gasteiger partial charge >= 0.3 is 0 Å². The molecule has 1 unspecified atom stereocenters. The van der Waals surface area contributed by atoms with Crippen LogP contribution in [-0.4, -0.2) is 65.9 Å². The highest BCUT2D eigenvalue weighted by molar-refractivity contribution is 5.97. The maximum Gasteiger partial charge on any atom is 0.270 e. The van der Waals surface area contributed by atoms with E-state index in [2.05, 4.69) is 15.7 Å². The number of fused-ring (bicyclic) bond motifs is 1. The van der Waals surface area contributed by atoms with Crippen molar-refractivity contribution in [2.24, 2.45) is 0 Å². The molecule has 2 amide bonds. The minimum absolute atomic E-state index is 0.191. The Labute approximate surface area is 144 Å². The SMILES string of the molecule is O=C(NC(CO)C(=O)NN1CCOCC1)c1ccc2ccccc2n1. The molecule has 0 radical (unpaired) electrons. The van der Waals surface area contributed by atoms with Crippen LogP contribution in [0, 0.1) is 0 Å². The summed E-state index contributed by atoms with van der Waals surface area (Å²) in [7, 11) is 0. The number of hydrogen-bond donors (Lipinski definition) is 3. The fraction of sp³-hybridized carbons (Fsp3) is 0.353. The van der Waals surface area contributed by atoms with Crippen LogP contribution in [-0.2, 0) is 9.53 Å². The fourth-order valence-corrected chi connectivity index (χ4v) is 2.53. The Hall–Kier alpha value is -2.55. The van der Waals surface area contributed by atoms with Crippen molar-refractivity contribution in [3.05, 3.63) is 42.1 Å². The van der Waals surface area contributed by atoms with E-state index in [-0.39, 0.29) is 5.69 Å². The number of para-hydroxylation sites is 1. The smallest absolute Gasteiger partial charge is 0.270 e. The Kier molecular flexibility index (Phi) is 5.54. The van der Waals surface area contributed by atoms with E-state index in [9.17, 15) is 14.7 Å². The second kappa shape index (κ2) is 8.02. The fourth-order valence-electron chi connectivity index (χ4n) is 2.53. The van der Waals surface area contributed by atoms with Gasteiger partial charge in [0.1, 0.15) is 11.7 Å². The standard InChI is InChI=1S/C17H20N4O4/c22-11-15(17(24)20-21-7-9-25-10-8-21)19-16(23)14-6-5-12-3-1-2-4-13(12)18-14/h1-6,15,22H,7-11H2,(H,19,23)(H,20,24). The summed E-state index contributed by atoms with van der Waals surface area (Å²) >= 11 is 0. The molecule has 1 saturated heterocycles. The van der Waals surface area contributed by atoms with Gasteiger partial charge in [-0.1, -0.05) is 24.3 Å². The molecule has 1 atom stereocenters. The highest BCUT2D eigenvalue weighted by Crippen LogP contribution is 2.11. The molecule has 8 nitrogen and oxygen atoms in total. The van der Waals surface area contributed by atoms with Gasteiger partial charge in [0.15, 0.2) is 0 Å². The van der Waals surface area contributed by atoms with E-state index in [0.717, 1.165) is 5.39 Å². The van der Waals surface area contributed by atoms with Crippen LogP contribution < -0.4 is 10.7 Å². The first kappa shape index (κ1) is 17.3. The van der Waals surface area contributed by atoms with Crippen molar-refractivity contribution in [3.8, 4) is 0 Å². The molecule has 0 bridgehead atoms. The first-order chi connectivity index (χ1) is 12.2. The van der Waals surface area contributed by atoms with Gasteiger partial charge in [-0.25, -0.2) is 9.99 Å². The molecule has 1 aromatic heterocycles. The van der Waals surface area contributed by atoms with E-state index in [1.807, 2.05) is 18.2 Å². The van der Waals surface area contributed by atoms with Crippen LogP contribution in [0.1, 0.15) is 10.5 Å². The predicted molar refractivity (Wildman–Crippen MR) is 90.6 cm³/mol. The number of carbonyl (C=O) groups is 2. The molecule has 1 fully saturated rings. The largest absolute Gasteiger partial charge is 0.394 e. The first-order valence-electron chi connectivity index (χ1n) is 8.08. The van der Waals surface area contributed by atoms with Crippen molar-refractivity contribution in [1.82, 2.24) is 20.7 Å². The third-order valence-corrected chi connectivity index (χ3v) is 3.91. The van der Waals surface area contributed by atoms with Gasteiger partial charge in [0.2, 0.25) is 0 Å². The third kappa shape index (κ3) is 4.30. The summed E-state index contributed by atoms with van der Waals surface area (Å²) in [6, 6.07) is 9.76. The molecule has 1 aliphatic rings. The van der Waals surface area contributed by atoms with Gasteiger partial charge in [-0.05, 0) is 12.1 Å². The molecular formula is C17H20N4O4. The van der Waals surface area contributed by atoms with Crippen molar-refractivity contribution in [2.45, 2.75) is 6.04 Å². The lowest BCUT2D eigenvalue weighted by molar-refractivity contribution is -0.130. The van der Waals surface area contributed by atoms with E-state index < -0.39 is 24.5 Å². The summed E-state index contributed by atoms with van der Waals surface area (Å²) in [4.78, 5) is 28.9. The van der Waals surface area contributed by atoms with Gasteiger partial charge in [0.25, 0.3) is 11.8 Å². The summed E-state index contributed by atoms with van der Waals surface area (Å²) in [5.74, 6) is -0.986. The van der Waals surface area contributed by atoms with Crippen molar-refractivity contribution in [3.63, 3.8) is 0 Å². The second-order valence-corrected chi connectivity index (χ2v) is 5.67. The van der Waals surface area contributed by atoms with Crippen LogP contribution in [0.3, 0.4) is 0 Å². The van der Waals surface area contributed by atoms with Crippen LogP contribution in [0.15, 0.2) is 36.4 Å². The first-order valence-corrected chi connectivity index (χ1v) is 8.08. The zero-order chi connectivity index (χ0) is 17.6. The van der Waals surface area contributed by atoms with Gasteiger partial charge in [0, 0.05) is 18.5 Å². The van der Waals surface area contributed by atoms with E-state index in [1.54, 1.807) is 23.2 Å². The van der Waals surface area contributed by atoms with Gasteiger partial charge in [-0.15, -0.1) is 0 Å². The molecule has 2 heterocycles. The number of amides is 2. The van der Waals surface area contributed by atoms with Crippen LogP contribution >= 0.6 is 0 Å². The van der Waals surface area contributed by atoms with E-state index in [0.29, 0.717) is 31.8 Å². The molecule has 3 N–H and O–H groups in total. The van der Waals surface area contributed by atoms with E-state index in [1.165, 1.54) is 0 Å². The normalized spacial score (nSPS) is 16.4. The molecule has 0 aliphatic carbocycles. The van der Waals surface area contributed by atoms with Crippen molar-refractivity contribution >= 4 is 22.7 Å². The Bertz CT molecular complexity index is 761. The summed E-state index contributed by atoms with van der Waals surface area (Å²) < 4.78 is 5.21. The molecule has 3 rings (SSSR count). The van der Waals surface area contributed by atoms with Gasteiger partial charge in [-0.2, -0.15) is 0 Å². The lowest BCUT2D eigenvalue weighted by Gasteiger charge is -2.28. The summed E-state index contributed by atoms with van der Waals surface area (Å²) in [6.07, 6.45) is 0. The van der Waals surface area contributed by atoms with Gasteiger partial charge < -0.3 is 15.2 Å². The summed E-state index contributed by atoms with van der Waals surface area (Å²) in [5, 5.41) is 14.6. The molecule has 0 spiro atoms. The van der Waals surface area contributed by atoms with Crippen LogP contribution in [0.5, 0.6) is 0 Å². The molecule has 132 valence electrons. The number of rotatable bonds is 5. The number of aliphatic hydroxyl groups excluding tert-OH is 1. The van der Waals surface area contributed by atoms with Crippen LogP contribution in [0.25, 0.3) is 10.9 Å². The Balaban J connectivity index is 1.64.